The number of rotatable bonds is 3. The van der Waals surface area contributed by atoms with E-state index < -0.39 is 24.9 Å². The number of hydrogen-bond acceptors (Lipinski definition) is 2. The van der Waals surface area contributed by atoms with Crippen molar-refractivity contribution in [1.29, 1.82) is 0 Å². The molecule has 1 amide bonds. The van der Waals surface area contributed by atoms with E-state index in [4.69, 9.17) is 0 Å². The summed E-state index contributed by atoms with van der Waals surface area (Å²) in [5.74, 6) is 0. The lowest BCUT2D eigenvalue weighted by atomic mass is 10.1. The van der Waals surface area contributed by atoms with Gasteiger partial charge in [-0.1, -0.05) is 0 Å². The second-order valence-corrected chi connectivity index (χ2v) is 4.02. The van der Waals surface area contributed by atoms with Gasteiger partial charge in [-0.3, -0.25) is 0 Å². The number of carbonyl (C=O) groups is 1. The molecule has 3 nitrogen and oxygen atoms in total. The molecular weight excluding hydrogens is 242 g/mol. The van der Waals surface area contributed by atoms with Gasteiger partial charge in [0.1, 0.15) is 6.17 Å². The summed E-state index contributed by atoms with van der Waals surface area (Å²) in [4.78, 5) is 12.5. The van der Waals surface area contributed by atoms with Gasteiger partial charge in [-0.25, -0.2) is 9.18 Å². The molecule has 0 spiro atoms. The van der Waals surface area contributed by atoms with E-state index >= 15 is 0 Å². The number of nitrogens with zero attached hydrogens (tertiary/aromatic N) is 1. The second-order valence-electron chi connectivity index (χ2n) is 4.02. The zero-order chi connectivity index (χ0) is 12.9. The molecule has 0 N–H and O–H groups in total. The molecule has 0 aromatic carbocycles. The summed E-state index contributed by atoms with van der Waals surface area (Å²) in [5.41, 5.74) is 0. The smallest absolute Gasteiger partial charge is 0.409 e. The Balaban J connectivity index is 2.16. The van der Waals surface area contributed by atoms with Crippen LogP contribution in [0.25, 0.3) is 0 Å². The third kappa shape index (κ3) is 5.74. The lowest BCUT2D eigenvalue weighted by Crippen LogP contribution is -2.41. The van der Waals surface area contributed by atoms with Crippen LogP contribution in [0, 0.1) is 0 Å². The molecule has 7 heteroatoms. The summed E-state index contributed by atoms with van der Waals surface area (Å²) in [6.45, 7) is 0.0857. The molecule has 1 saturated heterocycles. The van der Waals surface area contributed by atoms with Gasteiger partial charge in [-0.05, 0) is 19.3 Å². The molecule has 1 heterocycles. The zero-order valence-corrected chi connectivity index (χ0v) is 9.30. The van der Waals surface area contributed by atoms with Gasteiger partial charge in [0.05, 0.1) is 13.2 Å². The largest absolute Gasteiger partial charge is 0.449 e. The van der Waals surface area contributed by atoms with Crippen molar-refractivity contribution in [2.45, 2.75) is 38.0 Å². The predicted octanol–water partition coefficient (Wildman–Crippen LogP) is 2.90. The maximum absolute atomic E-state index is 12.9. The number of amides is 1. The Bertz CT molecular complexity index is 257. The van der Waals surface area contributed by atoms with E-state index in [0.29, 0.717) is 19.4 Å². The van der Waals surface area contributed by atoms with Crippen LogP contribution < -0.4 is 0 Å². The van der Waals surface area contributed by atoms with E-state index in [0.717, 1.165) is 0 Å². The van der Waals surface area contributed by atoms with Gasteiger partial charge >= 0.3 is 12.3 Å². The summed E-state index contributed by atoms with van der Waals surface area (Å²) in [6.07, 6.45) is -6.30. The standard InChI is InChI=1S/C10H15F4NO2/c11-8-3-1-5-15(7-8)9(16)17-6-2-4-10(12,13)14/h8H,1-7H2. The van der Waals surface area contributed by atoms with Crippen molar-refractivity contribution in [2.24, 2.45) is 0 Å². The van der Waals surface area contributed by atoms with Crippen LogP contribution >= 0.6 is 0 Å². The van der Waals surface area contributed by atoms with Crippen molar-refractivity contribution in [1.82, 2.24) is 4.90 Å². The van der Waals surface area contributed by atoms with E-state index in [1.807, 2.05) is 0 Å². The predicted molar refractivity (Wildman–Crippen MR) is 52.3 cm³/mol. The maximum atomic E-state index is 12.9. The summed E-state index contributed by atoms with van der Waals surface area (Å²) in [5, 5.41) is 0. The first-order valence-corrected chi connectivity index (χ1v) is 5.51. The Morgan fingerprint density at radius 1 is 1.41 bits per heavy atom. The van der Waals surface area contributed by atoms with Gasteiger partial charge < -0.3 is 9.64 Å². The van der Waals surface area contributed by atoms with Crippen LogP contribution in [-0.4, -0.2) is 43.0 Å². The fourth-order valence-corrected chi connectivity index (χ4v) is 1.61. The minimum atomic E-state index is -4.23. The lowest BCUT2D eigenvalue weighted by Gasteiger charge is -2.28. The fraction of sp³-hybridized carbons (Fsp3) is 0.900. The number of ether oxygens (including phenoxy) is 1. The molecule has 0 aromatic rings. The number of carbonyl (C=O) groups excluding carboxylic acids is 1. The SMILES string of the molecule is O=C(OCCCC(F)(F)F)N1CCCC(F)C1. The highest BCUT2D eigenvalue weighted by molar-refractivity contribution is 5.67. The summed E-state index contributed by atoms with van der Waals surface area (Å²) >= 11 is 0. The molecule has 1 unspecified atom stereocenters. The average Bonchev–Trinajstić information content (AvgIpc) is 2.23. The first-order valence-electron chi connectivity index (χ1n) is 5.51. The van der Waals surface area contributed by atoms with Gasteiger partial charge in [-0.2, -0.15) is 13.2 Å². The molecule has 17 heavy (non-hydrogen) atoms. The topological polar surface area (TPSA) is 29.5 Å². The van der Waals surface area contributed by atoms with Crippen LogP contribution in [0.4, 0.5) is 22.4 Å². The summed E-state index contributed by atoms with van der Waals surface area (Å²) in [6, 6.07) is 0. The monoisotopic (exact) mass is 257 g/mol. The van der Waals surface area contributed by atoms with Crippen LogP contribution in [0.2, 0.25) is 0 Å². The van der Waals surface area contributed by atoms with Crippen molar-refractivity contribution in [3.63, 3.8) is 0 Å². The molecule has 0 aromatic heterocycles. The van der Waals surface area contributed by atoms with Gasteiger partial charge in [-0.15, -0.1) is 0 Å². The molecule has 0 aliphatic carbocycles. The zero-order valence-electron chi connectivity index (χ0n) is 9.30. The van der Waals surface area contributed by atoms with Crippen molar-refractivity contribution < 1.29 is 27.1 Å². The molecule has 0 saturated carbocycles. The van der Waals surface area contributed by atoms with Gasteiger partial charge in [0.2, 0.25) is 0 Å². The highest BCUT2D eigenvalue weighted by atomic mass is 19.4. The molecule has 1 aliphatic rings. The summed E-state index contributed by atoms with van der Waals surface area (Å²) in [7, 11) is 0. The minimum absolute atomic E-state index is 0.0297. The minimum Gasteiger partial charge on any atom is -0.449 e. The van der Waals surface area contributed by atoms with Crippen molar-refractivity contribution >= 4 is 6.09 Å². The van der Waals surface area contributed by atoms with Gasteiger partial charge in [0.25, 0.3) is 0 Å². The van der Waals surface area contributed by atoms with Crippen molar-refractivity contribution in [2.75, 3.05) is 19.7 Å². The van der Waals surface area contributed by atoms with E-state index in [-0.39, 0.29) is 19.6 Å². The lowest BCUT2D eigenvalue weighted by molar-refractivity contribution is -0.137. The Morgan fingerprint density at radius 2 is 2.12 bits per heavy atom. The number of likely N-dealkylation sites (tertiary alicyclic amines) is 1. The molecule has 1 fully saturated rings. The molecule has 1 aliphatic heterocycles. The van der Waals surface area contributed by atoms with Crippen LogP contribution in [0.1, 0.15) is 25.7 Å². The number of halogens is 4. The third-order valence-corrected chi connectivity index (χ3v) is 2.45. The van der Waals surface area contributed by atoms with Crippen LogP contribution in [0.5, 0.6) is 0 Å². The average molecular weight is 257 g/mol. The highest BCUT2D eigenvalue weighted by Crippen LogP contribution is 2.21. The van der Waals surface area contributed by atoms with Crippen LogP contribution in [0.3, 0.4) is 0 Å². The van der Waals surface area contributed by atoms with Crippen LogP contribution in [-0.2, 0) is 4.74 Å². The summed E-state index contributed by atoms with van der Waals surface area (Å²) < 4.78 is 52.9. The molecule has 1 rings (SSSR count). The van der Waals surface area contributed by atoms with E-state index in [2.05, 4.69) is 4.74 Å². The quantitative estimate of drug-likeness (QED) is 0.574. The first kappa shape index (κ1) is 14.1. The second kappa shape index (κ2) is 6.07. The first-order chi connectivity index (χ1) is 7.88. The maximum Gasteiger partial charge on any atom is 0.409 e. The van der Waals surface area contributed by atoms with Gasteiger partial charge in [0.15, 0.2) is 0 Å². The normalized spacial score (nSPS) is 21.4. The third-order valence-electron chi connectivity index (χ3n) is 2.45. The molecule has 1 atom stereocenters. The number of alkyl halides is 4. The van der Waals surface area contributed by atoms with E-state index in [1.54, 1.807) is 0 Å². The van der Waals surface area contributed by atoms with E-state index in [1.165, 1.54) is 4.90 Å². The van der Waals surface area contributed by atoms with E-state index in [9.17, 15) is 22.4 Å². The Labute approximate surface area is 96.7 Å². The Kier molecular flexibility index (Phi) is 5.02. The molecule has 100 valence electrons. The molecular formula is C10H15F4NO2. The fourth-order valence-electron chi connectivity index (χ4n) is 1.61. The van der Waals surface area contributed by atoms with Crippen molar-refractivity contribution in [3.8, 4) is 0 Å². The number of piperidine rings is 1. The van der Waals surface area contributed by atoms with Gasteiger partial charge in [0, 0.05) is 13.0 Å². The highest BCUT2D eigenvalue weighted by Gasteiger charge is 2.27. The number of hydrogen-bond donors (Lipinski definition) is 0. The Hall–Kier alpha value is -1.01. The van der Waals surface area contributed by atoms with Crippen LogP contribution in [0.15, 0.2) is 0 Å². The Morgan fingerprint density at radius 3 is 2.71 bits per heavy atom. The molecule has 0 bridgehead atoms. The molecule has 0 radical (unpaired) electrons. The van der Waals surface area contributed by atoms with Crippen molar-refractivity contribution in [3.05, 3.63) is 0 Å².